The standard InChI is InChI=1S/C18H14ClF4N3O2S2/c1-10(11-3-2-4-12(7-11)18(21,22)23)25-15-9-14(20)16(8-13(15)19)30(27,28)26-17-24-5-6-29-17/h2-10,25H,1H3,(H,24,26). The monoisotopic (exact) mass is 479 g/mol. The normalized spacial score (nSPS) is 13.1. The van der Waals surface area contributed by atoms with Crippen LogP contribution in [0, 0.1) is 5.82 Å². The van der Waals surface area contributed by atoms with Crippen LogP contribution < -0.4 is 10.0 Å². The number of sulfonamides is 1. The lowest BCUT2D eigenvalue weighted by Gasteiger charge is -2.19. The van der Waals surface area contributed by atoms with Crippen molar-refractivity contribution in [1.82, 2.24) is 4.98 Å². The first-order valence-electron chi connectivity index (χ1n) is 8.32. The molecule has 0 spiro atoms. The van der Waals surface area contributed by atoms with Crippen LogP contribution in [-0.4, -0.2) is 13.4 Å². The zero-order valence-electron chi connectivity index (χ0n) is 15.2. The van der Waals surface area contributed by atoms with E-state index >= 15 is 0 Å². The van der Waals surface area contributed by atoms with Crippen molar-refractivity contribution in [3.63, 3.8) is 0 Å². The molecule has 1 aromatic heterocycles. The van der Waals surface area contributed by atoms with Crippen LogP contribution in [0.1, 0.15) is 24.1 Å². The van der Waals surface area contributed by atoms with Crippen molar-refractivity contribution < 1.29 is 26.0 Å². The lowest BCUT2D eigenvalue weighted by molar-refractivity contribution is -0.137. The maximum absolute atomic E-state index is 14.5. The van der Waals surface area contributed by atoms with Crippen molar-refractivity contribution in [3.8, 4) is 0 Å². The summed E-state index contributed by atoms with van der Waals surface area (Å²) in [6.45, 7) is 1.57. The van der Waals surface area contributed by atoms with Gasteiger partial charge in [-0.25, -0.2) is 17.8 Å². The lowest BCUT2D eigenvalue weighted by Crippen LogP contribution is -2.15. The second-order valence-corrected chi connectivity index (χ2v) is 9.15. The Hall–Kier alpha value is -2.37. The molecule has 1 unspecified atom stereocenters. The first-order chi connectivity index (χ1) is 14.0. The SMILES string of the molecule is CC(Nc1cc(F)c(S(=O)(=O)Nc2nccs2)cc1Cl)c1cccc(C(F)(F)F)c1. The average molecular weight is 480 g/mol. The number of alkyl halides is 3. The minimum atomic E-state index is -4.50. The predicted octanol–water partition coefficient (Wildman–Crippen LogP) is 5.93. The summed E-state index contributed by atoms with van der Waals surface area (Å²) in [6, 6.07) is 5.79. The van der Waals surface area contributed by atoms with Crippen molar-refractivity contribution in [2.24, 2.45) is 0 Å². The van der Waals surface area contributed by atoms with Crippen LogP contribution in [-0.2, 0) is 16.2 Å². The molecule has 0 aliphatic rings. The molecule has 0 aliphatic heterocycles. The molecule has 30 heavy (non-hydrogen) atoms. The molecule has 12 heteroatoms. The van der Waals surface area contributed by atoms with Crippen LogP contribution >= 0.6 is 22.9 Å². The van der Waals surface area contributed by atoms with Gasteiger partial charge in [-0.1, -0.05) is 23.7 Å². The minimum absolute atomic E-state index is 0.0345. The van der Waals surface area contributed by atoms with Crippen molar-refractivity contribution in [2.45, 2.75) is 24.0 Å². The smallest absolute Gasteiger partial charge is 0.377 e. The number of halogens is 5. The highest BCUT2D eigenvalue weighted by Gasteiger charge is 2.31. The van der Waals surface area contributed by atoms with Crippen molar-refractivity contribution >= 4 is 43.8 Å². The molecule has 1 atom stereocenters. The van der Waals surface area contributed by atoms with Gasteiger partial charge >= 0.3 is 6.18 Å². The number of nitrogens with zero attached hydrogens (tertiary/aromatic N) is 1. The summed E-state index contributed by atoms with van der Waals surface area (Å²) in [7, 11) is -4.27. The topological polar surface area (TPSA) is 71.1 Å². The molecule has 0 aliphatic carbocycles. The van der Waals surface area contributed by atoms with Gasteiger partial charge in [0.2, 0.25) is 0 Å². The number of thiazole rings is 1. The number of anilines is 2. The zero-order chi connectivity index (χ0) is 22.1. The second kappa shape index (κ2) is 8.40. The van der Waals surface area contributed by atoms with Crippen LogP contribution in [0.25, 0.3) is 0 Å². The highest BCUT2D eigenvalue weighted by molar-refractivity contribution is 7.93. The van der Waals surface area contributed by atoms with E-state index in [0.717, 1.165) is 35.6 Å². The van der Waals surface area contributed by atoms with Crippen molar-refractivity contribution in [3.05, 3.63) is 69.9 Å². The number of aromatic nitrogens is 1. The Morgan fingerprint density at radius 1 is 1.20 bits per heavy atom. The molecule has 1 heterocycles. The molecule has 160 valence electrons. The van der Waals surface area contributed by atoms with Crippen molar-refractivity contribution in [1.29, 1.82) is 0 Å². The van der Waals surface area contributed by atoms with Crippen LogP contribution in [0.15, 0.2) is 52.9 Å². The van der Waals surface area contributed by atoms with E-state index in [2.05, 4.69) is 15.0 Å². The van der Waals surface area contributed by atoms with Crippen molar-refractivity contribution in [2.75, 3.05) is 10.0 Å². The summed E-state index contributed by atoms with van der Waals surface area (Å²) >= 11 is 7.13. The van der Waals surface area contributed by atoms with Crippen LogP contribution in [0.3, 0.4) is 0 Å². The lowest BCUT2D eigenvalue weighted by atomic mass is 10.0. The predicted molar refractivity (Wildman–Crippen MR) is 108 cm³/mol. The number of hydrogen-bond donors (Lipinski definition) is 2. The molecule has 3 aromatic rings. The van der Waals surface area contributed by atoms with Crippen LogP contribution in [0.5, 0.6) is 0 Å². The highest BCUT2D eigenvalue weighted by atomic mass is 35.5. The Kier molecular flexibility index (Phi) is 6.25. The number of nitrogens with one attached hydrogen (secondary N) is 2. The summed E-state index contributed by atoms with van der Waals surface area (Å²) in [5, 5.41) is 4.30. The van der Waals surface area contributed by atoms with E-state index in [1.807, 2.05) is 0 Å². The molecular weight excluding hydrogens is 466 g/mol. The number of rotatable bonds is 6. The van der Waals surface area contributed by atoms with E-state index in [0.29, 0.717) is 5.56 Å². The molecular formula is C18H14ClF4N3O2S2. The first-order valence-corrected chi connectivity index (χ1v) is 11.1. The Balaban J connectivity index is 1.85. The van der Waals surface area contributed by atoms with Gasteiger partial charge in [0.1, 0.15) is 10.7 Å². The molecule has 2 N–H and O–H groups in total. The summed E-state index contributed by atoms with van der Waals surface area (Å²) in [4.78, 5) is 3.09. The van der Waals surface area contributed by atoms with Gasteiger partial charge in [-0.2, -0.15) is 13.2 Å². The maximum atomic E-state index is 14.5. The fraction of sp³-hybridized carbons (Fsp3) is 0.167. The molecule has 5 nitrogen and oxygen atoms in total. The summed E-state index contributed by atoms with van der Waals surface area (Å²) in [6.07, 6.45) is -3.12. The van der Waals surface area contributed by atoms with Gasteiger partial charge < -0.3 is 5.32 Å². The summed E-state index contributed by atoms with van der Waals surface area (Å²) < 4.78 is 80.2. The van der Waals surface area contributed by atoms with E-state index in [-0.39, 0.29) is 15.8 Å². The molecule has 0 bridgehead atoms. The quantitative estimate of drug-likeness (QED) is 0.430. The average Bonchev–Trinajstić information content (AvgIpc) is 3.16. The van der Waals surface area contributed by atoms with Gasteiger partial charge in [-0.3, -0.25) is 4.72 Å². The molecule has 0 radical (unpaired) electrons. The molecule has 2 aromatic carbocycles. The highest BCUT2D eigenvalue weighted by Crippen LogP contribution is 2.34. The van der Waals surface area contributed by atoms with E-state index in [9.17, 15) is 26.0 Å². The number of benzene rings is 2. The van der Waals surface area contributed by atoms with Gasteiger partial charge in [-0.15, -0.1) is 11.3 Å². The zero-order valence-corrected chi connectivity index (χ0v) is 17.6. The van der Waals surface area contributed by atoms with E-state index < -0.39 is 38.5 Å². The Morgan fingerprint density at radius 3 is 2.57 bits per heavy atom. The van der Waals surface area contributed by atoms with Gasteiger partial charge in [0.25, 0.3) is 10.0 Å². The molecule has 0 fully saturated rings. The molecule has 0 saturated heterocycles. The molecule has 3 rings (SSSR count). The Bertz CT molecular complexity index is 1150. The fourth-order valence-electron chi connectivity index (χ4n) is 2.59. The van der Waals surface area contributed by atoms with Gasteiger partial charge in [0.15, 0.2) is 5.13 Å². The molecule has 0 amide bonds. The third-order valence-electron chi connectivity index (χ3n) is 4.05. The summed E-state index contributed by atoms with van der Waals surface area (Å²) in [5.41, 5.74) is -0.489. The maximum Gasteiger partial charge on any atom is 0.416 e. The van der Waals surface area contributed by atoms with Crippen LogP contribution in [0.4, 0.5) is 28.4 Å². The second-order valence-electron chi connectivity index (χ2n) is 6.19. The first kappa shape index (κ1) is 22.3. The fourth-order valence-corrected chi connectivity index (χ4v) is 4.75. The van der Waals surface area contributed by atoms with E-state index in [4.69, 9.17) is 11.6 Å². The summed E-state index contributed by atoms with van der Waals surface area (Å²) in [5.74, 6) is -1.08. The van der Waals surface area contributed by atoms with Gasteiger partial charge in [-0.05, 0) is 36.8 Å². The molecule has 0 saturated carbocycles. The van der Waals surface area contributed by atoms with Crippen LogP contribution in [0.2, 0.25) is 5.02 Å². The minimum Gasteiger partial charge on any atom is -0.377 e. The van der Waals surface area contributed by atoms with Gasteiger partial charge in [0, 0.05) is 17.6 Å². The van der Waals surface area contributed by atoms with Gasteiger partial charge in [0.05, 0.1) is 16.3 Å². The number of hydrogen-bond acceptors (Lipinski definition) is 5. The third kappa shape index (κ3) is 5.02. The Labute approximate surface area is 178 Å². The Morgan fingerprint density at radius 2 is 1.93 bits per heavy atom. The largest absolute Gasteiger partial charge is 0.416 e. The third-order valence-corrected chi connectivity index (χ3v) is 6.54. The van der Waals surface area contributed by atoms with E-state index in [1.165, 1.54) is 18.3 Å². The van der Waals surface area contributed by atoms with E-state index in [1.54, 1.807) is 12.3 Å².